The van der Waals surface area contributed by atoms with Crippen LogP contribution in [0.1, 0.15) is 28.9 Å². The maximum absolute atomic E-state index is 11.9. The van der Waals surface area contributed by atoms with Crippen LogP contribution in [0.25, 0.3) is 0 Å². The lowest BCUT2D eigenvalue weighted by atomic mass is 10.1. The first-order valence-corrected chi connectivity index (χ1v) is 6.58. The Labute approximate surface area is 116 Å². The summed E-state index contributed by atoms with van der Waals surface area (Å²) in [6.07, 6.45) is 2.42. The van der Waals surface area contributed by atoms with Gasteiger partial charge in [0.25, 0.3) is 5.91 Å². The van der Waals surface area contributed by atoms with Crippen molar-refractivity contribution in [2.75, 3.05) is 0 Å². The zero-order valence-corrected chi connectivity index (χ0v) is 11.4. The van der Waals surface area contributed by atoms with E-state index in [4.69, 9.17) is 16.0 Å². The van der Waals surface area contributed by atoms with E-state index in [1.807, 2.05) is 25.1 Å². The predicted octanol–water partition coefficient (Wildman–Crippen LogP) is 2.77. The average molecular weight is 279 g/mol. The van der Waals surface area contributed by atoms with Crippen LogP contribution in [0.5, 0.6) is 0 Å². The molecular formula is C14H15ClN2O2. The molecule has 1 unspecified atom stereocenters. The minimum absolute atomic E-state index is 0.0213. The molecule has 2 aromatic heterocycles. The second-order valence-corrected chi connectivity index (χ2v) is 4.57. The van der Waals surface area contributed by atoms with Crippen LogP contribution in [0.4, 0.5) is 0 Å². The molecule has 100 valence electrons. The normalized spacial score (nSPS) is 12.1. The Morgan fingerprint density at radius 3 is 2.89 bits per heavy atom. The molecule has 0 saturated carbocycles. The van der Waals surface area contributed by atoms with E-state index in [1.165, 1.54) is 0 Å². The number of rotatable bonds is 5. The number of halogens is 1. The zero-order chi connectivity index (χ0) is 13.7. The summed E-state index contributed by atoms with van der Waals surface area (Å²) in [5, 5.41) is 2.87. The van der Waals surface area contributed by atoms with Crippen molar-refractivity contribution in [2.45, 2.75) is 25.3 Å². The van der Waals surface area contributed by atoms with Crippen molar-refractivity contribution in [3.63, 3.8) is 0 Å². The largest absolute Gasteiger partial charge is 0.455 e. The van der Waals surface area contributed by atoms with Crippen molar-refractivity contribution in [2.24, 2.45) is 0 Å². The zero-order valence-electron chi connectivity index (χ0n) is 10.6. The maximum Gasteiger partial charge on any atom is 0.287 e. The number of pyridine rings is 1. The molecule has 5 heteroatoms. The Balaban J connectivity index is 1.91. The van der Waals surface area contributed by atoms with Crippen molar-refractivity contribution < 1.29 is 9.21 Å². The fourth-order valence-corrected chi connectivity index (χ4v) is 1.89. The minimum atomic E-state index is -0.236. The van der Waals surface area contributed by atoms with Gasteiger partial charge in [-0.2, -0.15) is 0 Å². The highest BCUT2D eigenvalue weighted by Crippen LogP contribution is 2.10. The van der Waals surface area contributed by atoms with Crippen LogP contribution in [-0.4, -0.2) is 16.9 Å². The number of hydrogen-bond donors (Lipinski definition) is 1. The molecule has 0 radical (unpaired) electrons. The second-order valence-electron chi connectivity index (χ2n) is 4.30. The fraction of sp³-hybridized carbons (Fsp3) is 0.286. The molecule has 0 aliphatic rings. The lowest BCUT2D eigenvalue weighted by Gasteiger charge is -2.12. The van der Waals surface area contributed by atoms with E-state index in [2.05, 4.69) is 10.3 Å². The predicted molar refractivity (Wildman–Crippen MR) is 73.1 cm³/mol. The molecule has 1 N–H and O–H groups in total. The number of amides is 1. The Bertz CT molecular complexity index is 539. The molecule has 0 fully saturated rings. The molecule has 0 saturated heterocycles. The van der Waals surface area contributed by atoms with Gasteiger partial charge < -0.3 is 9.73 Å². The van der Waals surface area contributed by atoms with Gasteiger partial charge in [-0.15, -0.1) is 11.6 Å². The molecule has 2 rings (SSSR count). The standard InChI is InChI=1S/C14H15ClN2O2/c1-10(8-11-4-2-3-7-16-11)17-14(18)13-6-5-12(9-15)19-13/h2-7,10H,8-9H2,1H3,(H,17,18). The van der Waals surface area contributed by atoms with E-state index in [9.17, 15) is 4.79 Å². The molecule has 0 spiro atoms. The van der Waals surface area contributed by atoms with Crippen LogP contribution < -0.4 is 5.32 Å². The van der Waals surface area contributed by atoms with Gasteiger partial charge in [0.15, 0.2) is 5.76 Å². The summed E-state index contributed by atoms with van der Waals surface area (Å²) in [6.45, 7) is 1.93. The number of carbonyl (C=O) groups is 1. The number of furan rings is 1. The molecule has 0 aromatic carbocycles. The molecule has 0 aliphatic carbocycles. The Kier molecular flexibility index (Phi) is 4.58. The average Bonchev–Trinajstić information content (AvgIpc) is 2.88. The van der Waals surface area contributed by atoms with Crippen molar-refractivity contribution >= 4 is 17.5 Å². The van der Waals surface area contributed by atoms with Crippen LogP contribution in [0.2, 0.25) is 0 Å². The van der Waals surface area contributed by atoms with Gasteiger partial charge in [-0.25, -0.2) is 0 Å². The van der Waals surface area contributed by atoms with Crippen molar-refractivity contribution in [3.05, 3.63) is 53.7 Å². The SMILES string of the molecule is CC(Cc1ccccn1)NC(=O)c1ccc(CCl)o1. The van der Waals surface area contributed by atoms with Crippen molar-refractivity contribution in [3.8, 4) is 0 Å². The number of hydrogen-bond acceptors (Lipinski definition) is 3. The van der Waals surface area contributed by atoms with Crippen molar-refractivity contribution in [1.82, 2.24) is 10.3 Å². The summed E-state index contributed by atoms with van der Waals surface area (Å²) >= 11 is 5.62. The van der Waals surface area contributed by atoms with Crippen molar-refractivity contribution in [1.29, 1.82) is 0 Å². The Morgan fingerprint density at radius 1 is 1.42 bits per heavy atom. The summed E-state index contributed by atoms with van der Waals surface area (Å²) in [5.74, 6) is 0.893. The molecule has 1 atom stereocenters. The monoisotopic (exact) mass is 278 g/mol. The summed E-state index contributed by atoms with van der Waals surface area (Å²) in [7, 11) is 0. The number of alkyl halides is 1. The number of carbonyl (C=O) groups excluding carboxylic acids is 1. The molecule has 1 amide bonds. The summed E-state index contributed by atoms with van der Waals surface area (Å²) in [6, 6.07) is 9.03. The van der Waals surface area contributed by atoms with Gasteiger partial charge in [-0.05, 0) is 31.2 Å². The van der Waals surface area contributed by atoms with Gasteiger partial charge in [0.05, 0.1) is 5.88 Å². The van der Waals surface area contributed by atoms with Crippen LogP contribution in [-0.2, 0) is 12.3 Å². The van der Waals surface area contributed by atoms with Gasteiger partial charge in [0.1, 0.15) is 5.76 Å². The fourth-order valence-electron chi connectivity index (χ4n) is 1.75. The minimum Gasteiger partial charge on any atom is -0.455 e. The van der Waals surface area contributed by atoms with E-state index in [0.29, 0.717) is 12.2 Å². The lowest BCUT2D eigenvalue weighted by molar-refractivity contribution is 0.0910. The summed E-state index contributed by atoms with van der Waals surface area (Å²) < 4.78 is 5.29. The van der Waals surface area contributed by atoms with Gasteiger partial charge in [0, 0.05) is 24.4 Å². The number of nitrogens with zero attached hydrogens (tertiary/aromatic N) is 1. The smallest absolute Gasteiger partial charge is 0.287 e. The third-order valence-corrected chi connectivity index (χ3v) is 2.90. The van der Waals surface area contributed by atoms with E-state index < -0.39 is 0 Å². The molecule has 2 aromatic rings. The van der Waals surface area contributed by atoms with Gasteiger partial charge in [0.2, 0.25) is 0 Å². The number of aromatic nitrogens is 1. The third kappa shape index (κ3) is 3.83. The second kappa shape index (κ2) is 6.38. The van der Waals surface area contributed by atoms with E-state index in [1.54, 1.807) is 18.3 Å². The Morgan fingerprint density at radius 2 is 2.26 bits per heavy atom. The topological polar surface area (TPSA) is 55.1 Å². The highest BCUT2D eigenvalue weighted by molar-refractivity contribution is 6.16. The van der Waals surface area contributed by atoms with E-state index in [-0.39, 0.29) is 23.6 Å². The number of nitrogens with one attached hydrogen (secondary N) is 1. The van der Waals surface area contributed by atoms with Crippen LogP contribution in [0.15, 0.2) is 40.9 Å². The van der Waals surface area contributed by atoms with Crippen LogP contribution in [0.3, 0.4) is 0 Å². The van der Waals surface area contributed by atoms with E-state index in [0.717, 1.165) is 5.69 Å². The summed E-state index contributed by atoms with van der Waals surface area (Å²) in [4.78, 5) is 16.1. The molecule has 19 heavy (non-hydrogen) atoms. The highest BCUT2D eigenvalue weighted by Gasteiger charge is 2.14. The quantitative estimate of drug-likeness (QED) is 0.856. The lowest BCUT2D eigenvalue weighted by Crippen LogP contribution is -2.34. The Hall–Kier alpha value is -1.81. The van der Waals surface area contributed by atoms with Crippen LogP contribution >= 0.6 is 11.6 Å². The van der Waals surface area contributed by atoms with Gasteiger partial charge >= 0.3 is 0 Å². The molecule has 4 nitrogen and oxygen atoms in total. The first kappa shape index (κ1) is 13.6. The first-order chi connectivity index (χ1) is 9.19. The molecular weight excluding hydrogens is 264 g/mol. The van der Waals surface area contributed by atoms with Gasteiger partial charge in [-0.1, -0.05) is 6.07 Å². The molecule has 0 aliphatic heterocycles. The summed E-state index contributed by atoms with van der Waals surface area (Å²) in [5.41, 5.74) is 0.941. The van der Waals surface area contributed by atoms with E-state index >= 15 is 0 Å². The highest BCUT2D eigenvalue weighted by atomic mass is 35.5. The maximum atomic E-state index is 11.9. The third-order valence-electron chi connectivity index (χ3n) is 2.64. The molecule has 0 bridgehead atoms. The molecule has 2 heterocycles. The van der Waals surface area contributed by atoms with Crippen LogP contribution in [0, 0.1) is 0 Å². The first-order valence-electron chi connectivity index (χ1n) is 6.04. The van der Waals surface area contributed by atoms with Gasteiger partial charge in [-0.3, -0.25) is 9.78 Å².